The van der Waals surface area contributed by atoms with Crippen LogP contribution in [0.3, 0.4) is 0 Å². The first-order valence-corrected chi connectivity index (χ1v) is 4.39. The van der Waals surface area contributed by atoms with Crippen LogP contribution in [-0.4, -0.2) is -0.0619 Å². The van der Waals surface area contributed by atoms with Gasteiger partial charge in [-0.05, 0) is 0 Å². The molecule has 0 N–H and O–H groups in total. The smallest absolute Gasteiger partial charge is 0.107 e. The normalized spacial score (nSPS) is 5.14. The molecule has 0 saturated heterocycles. The summed E-state index contributed by atoms with van der Waals surface area (Å²) in [6.07, 6.45) is 0. The average Bonchev–Trinajstić information content (AvgIpc) is 0.811. The molecule has 0 fully saturated rings. The van der Waals surface area contributed by atoms with Crippen LogP contribution in [0, 0.1) is 0 Å². The standard InChI is InChI=1S/CHI3.2HI.V/c2-1(3)4;;;/h1H;2*1H;. The number of halogens is 5. The van der Waals surface area contributed by atoms with Crippen LogP contribution in [-0.2, 0) is 18.6 Å². The molecule has 6 heteroatoms. The molecule has 0 aromatic carbocycles. The topological polar surface area (TPSA) is 0 Å². The second kappa shape index (κ2) is 16.7. The fourth-order valence-corrected chi connectivity index (χ4v) is 0. The number of hydrogen-bond donors (Lipinski definition) is 0. The summed E-state index contributed by atoms with van der Waals surface area (Å²) in [5.74, 6) is 0. The molecule has 7 heavy (non-hydrogen) atoms. The van der Waals surface area contributed by atoms with Crippen LogP contribution in [0.5, 0.6) is 0 Å². The van der Waals surface area contributed by atoms with Gasteiger partial charge in [-0.25, -0.2) is 0 Å². The van der Waals surface area contributed by atoms with Crippen LogP contribution in [0.1, 0.15) is 0 Å². The first-order chi connectivity index (χ1) is 1.73. The quantitative estimate of drug-likeness (QED) is 0.267. The van der Waals surface area contributed by atoms with Crippen molar-refractivity contribution in [3.63, 3.8) is 0 Å². The summed E-state index contributed by atoms with van der Waals surface area (Å²) in [6, 6.07) is 0. The van der Waals surface area contributed by atoms with E-state index in [-0.39, 0.29) is 66.5 Å². The van der Waals surface area contributed by atoms with Crippen LogP contribution < -0.4 is 0 Å². The van der Waals surface area contributed by atoms with Gasteiger partial charge in [0.15, 0.2) is 0 Å². The Morgan fingerprint density at radius 2 is 0.857 bits per heavy atom. The van der Waals surface area contributed by atoms with Crippen molar-refractivity contribution in [3.05, 3.63) is 0 Å². The minimum absolute atomic E-state index is 0. The Bertz CT molecular complexity index is 12.8. The predicted octanol–water partition coefficient (Wildman–Crippen LogP) is 3.81. The van der Waals surface area contributed by atoms with Crippen molar-refractivity contribution in [1.29, 1.82) is 0 Å². The molecule has 0 nitrogen and oxygen atoms in total. The molecule has 0 atom stereocenters. The van der Waals surface area contributed by atoms with Gasteiger partial charge in [-0.2, -0.15) is 0 Å². The third-order valence-corrected chi connectivity index (χ3v) is 0. The molecule has 47 valence electrons. The Kier molecular flexibility index (Phi) is 53.6. The van der Waals surface area contributed by atoms with Gasteiger partial charge in [0, 0.05) is 18.6 Å². The molecule has 0 amide bonds. The fraction of sp³-hybridized carbons (Fsp3) is 1.00. The van der Waals surface area contributed by atoms with Crippen molar-refractivity contribution in [3.8, 4) is 0 Å². The molecule has 0 saturated carbocycles. The van der Waals surface area contributed by atoms with E-state index >= 15 is 0 Å². The van der Waals surface area contributed by atoms with Gasteiger partial charge in [0.05, 0.1) is 0 Å². The van der Waals surface area contributed by atoms with E-state index in [1.807, 2.05) is 0 Å². The van der Waals surface area contributed by atoms with Gasteiger partial charge in [0.25, 0.3) is 0 Å². The Balaban J connectivity index is -0.0000000150. The molecule has 0 aliphatic carbocycles. The second-order valence-electron chi connectivity index (χ2n) is 0.247. The summed E-state index contributed by atoms with van der Waals surface area (Å²) in [7, 11) is 0. The van der Waals surface area contributed by atoms with Crippen LogP contribution >= 0.6 is 116 Å². The minimum Gasteiger partial charge on any atom is -0.107 e. The third kappa shape index (κ3) is 38.7. The zero-order valence-electron chi connectivity index (χ0n) is 2.97. The molecule has 0 aliphatic heterocycles. The first-order valence-electron chi connectivity index (χ1n) is 0.655. The largest absolute Gasteiger partial charge is 0.114 e. The number of alkyl halides is 3. The van der Waals surface area contributed by atoms with Crippen molar-refractivity contribution < 1.29 is 18.6 Å². The molecular weight excluding hydrogens is 697 g/mol. The SMILES string of the molecule is I.I.IC(I)I.[V]. The molecule has 0 rings (SSSR count). The summed E-state index contributed by atoms with van der Waals surface area (Å²) in [5, 5.41) is 0. The maximum absolute atomic E-state index is 2.32. The Labute approximate surface area is 131 Å². The van der Waals surface area contributed by atoms with Gasteiger partial charge in [-0.1, -0.05) is 67.8 Å². The van der Waals surface area contributed by atoms with Gasteiger partial charge >= 0.3 is 0 Å². The maximum Gasteiger partial charge on any atom is 0.114 e. The maximum atomic E-state index is 2.32. The van der Waals surface area contributed by atoms with Gasteiger partial charge in [-0.15, -0.1) is 48.0 Å². The van der Waals surface area contributed by atoms with Gasteiger partial charge in [0.2, 0.25) is 0 Å². The molecule has 0 heterocycles. The van der Waals surface area contributed by atoms with Crippen molar-refractivity contribution in [2.45, 2.75) is -0.0619 Å². The Morgan fingerprint density at radius 1 is 0.857 bits per heavy atom. The molecule has 0 spiro atoms. The molecule has 0 aromatic heterocycles. The number of rotatable bonds is 0. The summed E-state index contributed by atoms with van der Waals surface area (Å²) < 4.78 is 0.743. The predicted molar refractivity (Wildman–Crippen MR) is 76.7 cm³/mol. The molecule has 0 aromatic rings. The van der Waals surface area contributed by atoms with E-state index in [4.69, 9.17) is 0 Å². The van der Waals surface area contributed by atoms with Crippen LogP contribution in [0.15, 0.2) is 0 Å². The van der Waals surface area contributed by atoms with E-state index in [0.29, 0.717) is 0 Å². The van der Waals surface area contributed by atoms with Crippen LogP contribution in [0.4, 0.5) is 0 Å². The Hall–Kier alpha value is 4.23. The zero-order chi connectivity index (χ0) is 3.58. The second-order valence-corrected chi connectivity index (χ2v) is 11.1. The third-order valence-electron chi connectivity index (χ3n) is 0. The van der Waals surface area contributed by atoms with E-state index in [1.165, 1.54) is 0 Å². The van der Waals surface area contributed by atoms with Gasteiger partial charge in [0.1, 0.15) is -0.0619 Å². The van der Waals surface area contributed by atoms with E-state index in [0.717, 1.165) is -0.0619 Å². The minimum atomic E-state index is 0. The number of hydrogen-bond acceptors (Lipinski definition) is 0. The van der Waals surface area contributed by atoms with Crippen molar-refractivity contribution in [2.24, 2.45) is 0 Å². The molecular formula is CH3I5V. The van der Waals surface area contributed by atoms with Crippen molar-refractivity contribution in [1.82, 2.24) is 0 Å². The average molecular weight is 700 g/mol. The van der Waals surface area contributed by atoms with E-state index < -0.39 is 0 Å². The Morgan fingerprint density at radius 3 is 0.857 bits per heavy atom. The summed E-state index contributed by atoms with van der Waals surface area (Å²) >= 11 is 6.95. The summed E-state index contributed by atoms with van der Waals surface area (Å²) in [6.45, 7) is 0. The summed E-state index contributed by atoms with van der Waals surface area (Å²) in [4.78, 5) is 0. The van der Waals surface area contributed by atoms with E-state index in [2.05, 4.69) is 67.8 Å². The van der Waals surface area contributed by atoms with Crippen molar-refractivity contribution >= 4 is 116 Å². The molecule has 1 radical (unpaired) electrons. The van der Waals surface area contributed by atoms with Crippen LogP contribution in [0.25, 0.3) is 0 Å². The van der Waals surface area contributed by atoms with E-state index in [1.54, 1.807) is 0 Å². The molecule has 0 bridgehead atoms. The zero-order valence-corrected chi connectivity index (χ0v) is 15.5. The monoisotopic (exact) mass is 700 g/mol. The molecule has 0 unspecified atom stereocenters. The fourth-order valence-electron chi connectivity index (χ4n) is 0. The molecule has 0 aliphatic rings. The first kappa shape index (κ1) is 22.5. The van der Waals surface area contributed by atoms with E-state index in [9.17, 15) is 0 Å². The van der Waals surface area contributed by atoms with Gasteiger partial charge < -0.3 is 0 Å². The van der Waals surface area contributed by atoms with Crippen molar-refractivity contribution in [2.75, 3.05) is 0 Å². The summed E-state index contributed by atoms with van der Waals surface area (Å²) in [5.41, 5.74) is 0. The van der Waals surface area contributed by atoms with Crippen LogP contribution in [0.2, 0.25) is 0 Å². The van der Waals surface area contributed by atoms with Gasteiger partial charge in [-0.3, -0.25) is 0 Å².